The van der Waals surface area contributed by atoms with Crippen LogP contribution in [0.15, 0.2) is 0 Å². The van der Waals surface area contributed by atoms with Gasteiger partial charge in [-0.3, -0.25) is 0 Å². The highest BCUT2D eigenvalue weighted by Gasteiger charge is 2.40. The Kier molecular flexibility index (Phi) is 6.01. The lowest BCUT2D eigenvalue weighted by Gasteiger charge is -2.50. The van der Waals surface area contributed by atoms with Crippen molar-refractivity contribution in [3.63, 3.8) is 0 Å². The third kappa shape index (κ3) is 3.43. The Morgan fingerprint density at radius 3 is 1.94 bits per heavy atom. The SMILES string of the molecule is CCC(CC)(CS)CN(C)CC1(N(C)C)CCC1. The Labute approximate surface area is 120 Å². The van der Waals surface area contributed by atoms with Gasteiger partial charge >= 0.3 is 0 Å². The topological polar surface area (TPSA) is 6.48 Å². The van der Waals surface area contributed by atoms with Crippen LogP contribution < -0.4 is 0 Å². The van der Waals surface area contributed by atoms with E-state index >= 15 is 0 Å². The van der Waals surface area contributed by atoms with Gasteiger partial charge in [0, 0.05) is 18.6 Å². The quantitative estimate of drug-likeness (QED) is 0.678. The van der Waals surface area contributed by atoms with E-state index in [-0.39, 0.29) is 0 Å². The molecule has 0 unspecified atom stereocenters. The van der Waals surface area contributed by atoms with Crippen molar-refractivity contribution in [2.45, 2.75) is 51.5 Å². The van der Waals surface area contributed by atoms with Crippen molar-refractivity contribution < 1.29 is 0 Å². The summed E-state index contributed by atoms with van der Waals surface area (Å²) in [5.74, 6) is 0.999. The first-order chi connectivity index (χ1) is 8.43. The summed E-state index contributed by atoms with van der Waals surface area (Å²) in [5.41, 5.74) is 0.841. The third-order valence-electron chi connectivity index (χ3n) is 5.24. The van der Waals surface area contributed by atoms with Crippen LogP contribution in [-0.4, -0.2) is 55.3 Å². The summed E-state index contributed by atoms with van der Waals surface area (Å²) in [7, 11) is 6.75. The second-order valence-corrected chi connectivity index (χ2v) is 6.83. The largest absolute Gasteiger partial charge is 0.304 e. The van der Waals surface area contributed by atoms with Crippen LogP contribution in [0.25, 0.3) is 0 Å². The van der Waals surface area contributed by atoms with Crippen LogP contribution >= 0.6 is 12.6 Å². The predicted molar refractivity (Wildman–Crippen MR) is 84.6 cm³/mol. The summed E-state index contributed by atoms with van der Waals surface area (Å²) in [6.45, 7) is 6.99. The van der Waals surface area contributed by atoms with Crippen molar-refractivity contribution in [3.8, 4) is 0 Å². The Balaban J connectivity index is 2.57. The van der Waals surface area contributed by atoms with E-state index in [1.807, 2.05) is 0 Å². The van der Waals surface area contributed by atoms with Crippen LogP contribution in [0.4, 0.5) is 0 Å². The molecule has 0 atom stereocenters. The molecule has 108 valence electrons. The van der Waals surface area contributed by atoms with Crippen LogP contribution in [-0.2, 0) is 0 Å². The molecule has 0 aromatic heterocycles. The van der Waals surface area contributed by atoms with Gasteiger partial charge in [0.25, 0.3) is 0 Å². The van der Waals surface area contributed by atoms with E-state index in [2.05, 4.69) is 57.4 Å². The zero-order chi connectivity index (χ0) is 13.8. The highest BCUT2D eigenvalue weighted by Crippen LogP contribution is 2.37. The lowest BCUT2D eigenvalue weighted by atomic mass is 9.75. The van der Waals surface area contributed by atoms with E-state index in [9.17, 15) is 0 Å². The first-order valence-corrected chi connectivity index (χ1v) is 8.04. The Morgan fingerprint density at radius 2 is 1.67 bits per heavy atom. The maximum absolute atomic E-state index is 4.59. The fourth-order valence-electron chi connectivity index (χ4n) is 3.21. The molecule has 0 heterocycles. The molecule has 18 heavy (non-hydrogen) atoms. The first kappa shape index (κ1) is 16.3. The molecule has 1 aliphatic carbocycles. The molecule has 0 aromatic rings. The van der Waals surface area contributed by atoms with E-state index < -0.39 is 0 Å². The zero-order valence-corrected chi connectivity index (χ0v) is 13.9. The van der Waals surface area contributed by atoms with Crippen LogP contribution in [0.5, 0.6) is 0 Å². The maximum Gasteiger partial charge on any atom is 0.0330 e. The first-order valence-electron chi connectivity index (χ1n) is 7.40. The van der Waals surface area contributed by atoms with Crippen LogP contribution in [0.3, 0.4) is 0 Å². The molecule has 3 heteroatoms. The van der Waals surface area contributed by atoms with E-state index in [4.69, 9.17) is 0 Å². The molecular weight excluding hydrogens is 240 g/mol. The standard InChI is InChI=1S/C15H32N2S/c1-6-14(7-2,13-18)11-17(5)12-15(16(3)4)9-8-10-15/h18H,6-13H2,1-5H3. The third-order valence-corrected chi connectivity index (χ3v) is 5.91. The molecule has 0 amide bonds. The van der Waals surface area contributed by atoms with E-state index in [1.165, 1.54) is 45.2 Å². The zero-order valence-electron chi connectivity index (χ0n) is 13.0. The summed E-state index contributed by atoms with van der Waals surface area (Å²) >= 11 is 4.59. The highest BCUT2D eigenvalue weighted by molar-refractivity contribution is 7.80. The van der Waals surface area contributed by atoms with Gasteiger partial charge in [-0.25, -0.2) is 0 Å². The summed E-state index contributed by atoms with van der Waals surface area (Å²) in [6.07, 6.45) is 6.57. The fraction of sp³-hybridized carbons (Fsp3) is 1.00. The molecule has 1 aliphatic rings. The summed E-state index contributed by atoms with van der Waals surface area (Å²) in [4.78, 5) is 4.98. The average molecular weight is 273 g/mol. The van der Waals surface area contributed by atoms with Crippen molar-refractivity contribution in [2.24, 2.45) is 5.41 Å². The molecule has 2 nitrogen and oxygen atoms in total. The lowest BCUT2D eigenvalue weighted by molar-refractivity contribution is 0.0169. The van der Waals surface area contributed by atoms with Crippen LogP contribution in [0.1, 0.15) is 46.0 Å². The van der Waals surface area contributed by atoms with Crippen molar-refractivity contribution in [1.29, 1.82) is 0 Å². The van der Waals surface area contributed by atoms with E-state index in [0.29, 0.717) is 11.0 Å². The molecule has 0 aromatic carbocycles. The summed E-state index contributed by atoms with van der Waals surface area (Å²) in [6, 6.07) is 0. The second kappa shape index (κ2) is 6.62. The molecule has 0 radical (unpaired) electrons. The molecule has 1 saturated carbocycles. The van der Waals surface area contributed by atoms with E-state index in [0.717, 1.165) is 5.75 Å². The molecule has 0 bridgehead atoms. The highest BCUT2D eigenvalue weighted by atomic mass is 32.1. The predicted octanol–water partition coefficient (Wildman–Crippen LogP) is 3.14. The molecule has 0 spiro atoms. The molecular formula is C15H32N2S. The lowest BCUT2D eigenvalue weighted by Crippen LogP contribution is -2.57. The summed E-state index contributed by atoms with van der Waals surface area (Å²) in [5, 5.41) is 0. The van der Waals surface area contributed by atoms with Gasteiger partial charge in [-0.15, -0.1) is 0 Å². The molecule has 1 rings (SSSR count). The smallest absolute Gasteiger partial charge is 0.0330 e. The fourth-order valence-corrected chi connectivity index (χ4v) is 3.76. The Morgan fingerprint density at radius 1 is 1.11 bits per heavy atom. The number of nitrogens with zero attached hydrogens (tertiary/aromatic N) is 2. The van der Waals surface area contributed by atoms with Gasteiger partial charge in [0.1, 0.15) is 0 Å². The van der Waals surface area contributed by atoms with Crippen molar-refractivity contribution in [1.82, 2.24) is 9.80 Å². The second-order valence-electron chi connectivity index (χ2n) is 6.51. The Hall–Kier alpha value is 0.270. The molecule has 1 fully saturated rings. The summed E-state index contributed by atoms with van der Waals surface area (Å²) < 4.78 is 0. The van der Waals surface area contributed by atoms with Crippen molar-refractivity contribution >= 4 is 12.6 Å². The number of thiol groups is 1. The Bertz CT molecular complexity index is 225. The minimum absolute atomic E-state index is 0.398. The number of rotatable bonds is 8. The average Bonchev–Trinajstić information content (AvgIpc) is 2.30. The van der Waals surface area contributed by atoms with Gasteiger partial charge in [-0.2, -0.15) is 12.6 Å². The van der Waals surface area contributed by atoms with Gasteiger partial charge in [0.15, 0.2) is 0 Å². The normalized spacial score (nSPS) is 19.3. The van der Waals surface area contributed by atoms with Gasteiger partial charge in [-0.05, 0) is 64.4 Å². The van der Waals surface area contributed by atoms with Gasteiger partial charge in [0.05, 0.1) is 0 Å². The minimum Gasteiger partial charge on any atom is -0.304 e. The monoisotopic (exact) mass is 272 g/mol. The van der Waals surface area contributed by atoms with Crippen molar-refractivity contribution in [2.75, 3.05) is 40.0 Å². The van der Waals surface area contributed by atoms with Crippen molar-refractivity contribution in [3.05, 3.63) is 0 Å². The van der Waals surface area contributed by atoms with Gasteiger partial charge < -0.3 is 9.80 Å². The van der Waals surface area contributed by atoms with Crippen LogP contribution in [0.2, 0.25) is 0 Å². The molecule has 0 N–H and O–H groups in total. The minimum atomic E-state index is 0.398. The van der Waals surface area contributed by atoms with Gasteiger partial charge in [-0.1, -0.05) is 13.8 Å². The number of likely N-dealkylation sites (N-methyl/N-ethyl adjacent to an activating group) is 2. The number of hydrogen-bond acceptors (Lipinski definition) is 3. The van der Waals surface area contributed by atoms with Crippen LogP contribution in [0, 0.1) is 5.41 Å². The van der Waals surface area contributed by atoms with E-state index in [1.54, 1.807) is 0 Å². The maximum atomic E-state index is 4.59. The molecule has 0 saturated heterocycles. The number of hydrogen-bond donors (Lipinski definition) is 1. The van der Waals surface area contributed by atoms with Gasteiger partial charge in [0.2, 0.25) is 0 Å². The molecule has 0 aliphatic heterocycles.